The van der Waals surface area contributed by atoms with E-state index in [1.165, 1.54) is 11.1 Å². The molecule has 0 N–H and O–H groups in total. The molecular formula is C24H30N2O2. The lowest BCUT2D eigenvalue weighted by atomic mass is 9.86. The molecule has 0 fully saturated rings. The van der Waals surface area contributed by atoms with Gasteiger partial charge in [0.15, 0.2) is 0 Å². The molecule has 1 unspecified atom stereocenters. The number of hydrogen-bond donors (Lipinski definition) is 0. The van der Waals surface area contributed by atoms with Crippen LogP contribution in [0.5, 0.6) is 11.5 Å². The number of benzene rings is 2. The first-order chi connectivity index (χ1) is 13.5. The summed E-state index contributed by atoms with van der Waals surface area (Å²) in [5, 5.41) is 0. The maximum absolute atomic E-state index is 6.54. The summed E-state index contributed by atoms with van der Waals surface area (Å²) >= 11 is 0. The van der Waals surface area contributed by atoms with Crippen molar-refractivity contribution >= 4 is 0 Å². The van der Waals surface area contributed by atoms with E-state index in [1.54, 1.807) is 7.11 Å². The van der Waals surface area contributed by atoms with Crippen molar-refractivity contribution in [1.82, 2.24) is 9.55 Å². The second-order valence-electron chi connectivity index (χ2n) is 8.13. The molecule has 1 heterocycles. The Kier molecular flexibility index (Phi) is 6.40. The Bertz CT molecular complexity index is 849. The van der Waals surface area contributed by atoms with Crippen molar-refractivity contribution in [2.45, 2.75) is 51.7 Å². The maximum Gasteiger partial charge on any atom is 0.123 e. The predicted molar refractivity (Wildman–Crippen MR) is 113 cm³/mol. The monoisotopic (exact) mass is 378 g/mol. The number of para-hydroxylation sites is 1. The Morgan fingerprint density at radius 3 is 2.43 bits per heavy atom. The van der Waals surface area contributed by atoms with Gasteiger partial charge >= 0.3 is 0 Å². The van der Waals surface area contributed by atoms with Crippen LogP contribution in [0.1, 0.15) is 38.3 Å². The zero-order valence-electron chi connectivity index (χ0n) is 17.3. The van der Waals surface area contributed by atoms with Crippen LogP contribution in [0.15, 0.2) is 67.3 Å². The summed E-state index contributed by atoms with van der Waals surface area (Å²) in [4.78, 5) is 4.17. The summed E-state index contributed by atoms with van der Waals surface area (Å²) in [6.45, 7) is 7.43. The maximum atomic E-state index is 6.54. The standard InChI is InChI=1S/C24H30N2O2/c1-24(2,3)22-7-5-6-8-23(22)28-21(17-26-16-15-25-18-26)14-11-19-9-12-20(27-4)13-10-19/h5-10,12-13,15-16,18,21H,11,14,17H2,1-4H3. The lowest BCUT2D eigenvalue weighted by Crippen LogP contribution is -2.25. The molecule has 0 radical (unpaired) electrons. The van der Waals surface area contributed by atoms with Crippen LogP contribution in [-0.2, 0) is 18.4 Å². The molecule has 28 heavy (non-hydrogen) atoms. The van der Waals surface area contributed by atoms with Crippen LogP contribution < -0.4 is 9.47 Å². The number of nitrogens with zero attached hydrogens (tertiary/aromatic N) is 2. The number of ether oxygens (including phenoxy) is 2. The van der Waals surface area contributed by atoms with Gasteiger partial charge in [0.2, 0.25) is 0 Å². The van der Waals surface area contributed by atoms with Crippen LogP contribution in [0.25, 0.3) is 0 Å². The molecule has 4 heteroatoms. The Morgan fingerprint density at radius 1 is 1.04 bits per heavy atom. The number of aromatic nitrogens is 2. The third kappa shape index (κ3) is 5.38. The van der Waals surface area contributed by atoms with Gasteiger partial charge in [0, 0.05) is 12.4 Å². The van der Waals surface area contributed by atoms with E-state index in [1.807, 2.05) is 36.9 Å². The quantitative estimate of drug-likeness (QED) is 0.536. The minimum atomic E-state index is 0.0339. The number of imidazole rings is 1. The van der Waals surface area contributed by atoms with Gasteiger partial charge in [-0.15, -0.1) is 0 Å². The summed E-state index contributed by atoms with van der Waals surface area (Å²) in [6, 6.07) is 16.6. The van der Waals surface area contributed by atoms with Gasteiger partial charge in [0.25, 0.3) is 0 Å². The highest BCUT2D eigenvalue weighted by atomic mass is 16.5. The van der Waals surface area contributed by atoms with E-state index in [2.05, 4.69) is 60.7 Å². The van der Waals surface area contributed by atoms with Crippen LogP contribution in [-0.4, -0.2) is 22.8 Å². The topological polar surface area (TPSA) is 36.3 Å². The SMILES string of the molecule is COc1ccc(CCC(Cn2ccnc2)Oc2ccccc2C(C)(C)C)cc1. The molecule has 2 aromatic carbocycles. The van der Waals surface area contributed by atoms with E-state index in [0.717, 1.165) is 30.9 Å². The normalized spacial score (nSPS) is 12.6. The summed E-state index contributed by atoms with van der Waals surface area (Å²) in [7, 11) is 1.69. The van der Waals surface area contributed by atoms with Crippen molar-refractivity contribution in [3.05, 3.63) is 78.4 Å². The van der Waals surface area contributed by atoms with Gasteiger partial charge in [-0.3, -0.25) is 0 Å². The first kappa shape index (κ1) is 20.0. The van der Waals surface area contributed by atoms with Crippen molar-refractivity contribution in [3.8, 4) is 11.5 Å². The molecular weight excluding hydrogens is 348 g/mol. The number of hydrogen-bond acceptors (Lipinski definition) is 3. The molecule has 3 aromatic rings. The molecule has 0 aliphatic heterocycles. The van der Waals surface area contributed by atoms with Crippen molar-refractivity contribution < 1.29 is 9.47 Å². The fourth-order valence-electron chi connectivity index (χ4n) is 3.31. The second-order valence-corrected chi connectivity index (χ2v) is 8.13. The molecule has 4 nitrogen and oxygen atoms in total. The first-order valence-electron chi connectivity index (χ1n) is 9.80. The molecule has 0 aliphatic rings. The lowest BCUT2D eigenvalue weighted by molar-refractivity contribution is 0.167. The zero-order chi connectivity index (χ0) is 20.0. The van der Waals surface area contributed by atoms with Gasteiger partial charge < -0.3 is 14.0 Å². The highest BCUT2D eigenvalue weighted by Crippen LogP contribution is 2.32. The fourth-order valence-corrected chi connectivity index (χ4v) is 3.31. The Balaban J connectivity index is 1.75. The van der Waals surface area contributed by atoms with E-state index in [-0.39, 0.29) is 11.5 Å². The minimum Gasteiger partial charge on any atom is -0.497 e. The lowest BCUT2D eigenvalue weighted by Gasteiger charge is -2.26. The van der Waals surface area contributed by atoms with E-state index >= 15 is 0 Å². The third-order valence-corrected chi connectivity index (χ3v) is 4.88. The van der Waals surface area contributed by atoms with Crippen LogP contribution in [0.3, 0.4) is 0 Å². The van der Waals surface area contributed by atoms with Crippen molar-refractivity contribution in [3.63, 3.8) is 0 Å². The molecule has 3 rings (SSSR count). The summed E-state index contributed by atoms with van der Waals surface area (Å²) in [5.74, 6) is 1.85. The average molecular weight is 379 g/mol. The molecule has 0 saturated carbocycles. The number of aryl methyl sites for hydroxylation is 1. The molecule has 0 bridgehead atoms. The molecule has 0 spiro atoms. The van der Waals surface area contributed by atoms with E-state index in [9.17, 15) is 0 Å². The predicted octanol–water partition coefficient (Wildman–Crippen LogP) is 5.27. The average Bonchev–Trinajstić information content (AvgIpc) is 3.19. The fraction of sp³-hybridized carbons (Fsp3) is 0.375. The van der Waals surface area contributed by atoms with Crippen molar-refractivity contribution in [2.75, 3.05) is 7.11 Å². The highest BCUT2D eigenvalue weighted by molar-refractivity contribution is 5.38. The van der Waals surface area contributed by atoms with Crippen molar-refractivity contribution in [1.29, 1.82) is 0 Å². The Labute approximate surface area is 168 Å². The summed E-state index contributed by atoms with van der Waals surface area (Å²) in [6.07, 6.45) is 7.56. The van der Waals surface area contributed by atoms with Gasteiger partial charge in [-0.1, -0.05) is 51.1 Å². The molecule has 0 amide bonds. The molecule has 0 saturated heterocycles. The van der Waals surface area contributed by atoms with Gasteiger partial charge in [0.1, 0.15) is 17.6 Å². The Hall–Kier alpha value is -2.75. The van der Waals surface area contributed by atoms with E-state index in [4.69, 9.17) is 9.47 Å². The smallest absolute Gasteiger partial charge is 0.123 e. The molecule has 148 valence electrons. The van der Waals surface area contributed by atoms with Crippen LogP contribution in [0.4, 0.5) is 0 Å². The molecule has 1 aromatic heterocycles. The minimum absolute atomic E-state index is 0.0339. The summed E-state index contributed by atoms with van der Waals surface area (Å²) in [5.41, 5.74) is 2.55. The van der Waals surface area contributed by atoms with Crippen LogP contribution in [0.2, 0.25) is 0 Å². The Morgan fingerprint density at radius 2 is 1.79 bits per heavy atom. The highest BCUT2D eigenvalue weighted by Gasteiger charge is 2.21. The van der Waals surface area contributed by atoms with E-state index < -0.39 is 0 Å². The number of methoxy groups -OCH3 is 1. The van der Waals surface area contributed by atoms with Gasteiger partial charge in [-0.25, -0.2) is 4.98 Å². The third-order valence-electron chi connectivity index (χ3n) is 4.88. The number of rotatable bonds is 8. The van der Waals surface area contributed by atoms with Gasteiger partial charge in [-0.2, -0.15) is 0 Å². The molecule has 1 atom stereocenters. The second kappa shape index (κ2) is 8.96. The van der Waals surface area contributed by atoms with Gasteiger partial charge in [-0.05, 0) is 47.6 Å². The first-order valence-corrected chi connectivity index (χ1v) is 9.80. The van der Waals surface area contributed by atoms with Crippen molar-refractivity contribution in [2.24, 2.45) is 0 Å². The van der Waals surface area contributed by atoms with Crippen LogP contribution in [0, 0.1) is 0 Å². The summed E-state index contributed by atoms with van der Waals surface area (Å²) < 4.78 is 13.9. The molecule has 0 aliphatic carbocycles. The van der Waals surface area contributed by atoms with Gasteiger partial charge in [0.05, 0.1) is 20.0 Å². The largest absolute Gasteiger partial charge is 0.497 e. The van der Waals surface area contributed by atoms with E-state index in [0.29, 0.717) is 0 Å². The zero-order valence-corrected chi connectivity index (χ0v) is 17.3. The van der Waals surface area contributed by atoms with Crippen LogP contribution >= 0.6 is 0 Å².